The van der Waals surface area contributed by atoms with Crippen LogP contribution in [0.3, 0.4) is 0 Å². The van der Waals surface area contributed by atoms with Crippen LogP contribution in [0.2, 0.25) is 0 Å². The summed E-state index contributed by atoms with van der Waals surface area (Å²) < 4.78 is 8.72. The van der Waals surface area contributed by atoms with E-state index in [4.69, 9.17) is 16.1 Å². The van der Waals surface area contributed by atoms with Crippen molar-refractivity contribution in [3.63, 3.8) is 0 Å². The van der Waals surface area contributed by atoms with Crippen molar-refractivity contribution in [2.45, 2.75) is 38.6 Å². The molecule has 0 saturated heterocycles. The fourth-order valence-electron chi connectivity index (χ4n) is 2.54. The Bertz CT molecular complexity index is 742. The molecule has 3 rings (SSSR count). The highest BCUT2D eigenvalue weighted by molar-refractivity contribution is 6.20. The molecule has 0 aromatic carbocycles. The first-order valence-corrected chi connectivity index (χ1v) is 7.36. The Hall–Kier alpha value is -1.89. The van der Waals surface area contributed by atoms with Gasteiger partial charge in [0.1, 0.15) is 11.3 Å². The molecule has 0 spiro atoms. The first kappa shape index (κ1) is 14.1. The highest BCUT2D eigenvalue weighted by atomic mass is 35.5. The van der Waals surface area contributed by atoms with Gasteiger partial charge in [-0.1, -0.05) is 12.1 Å². The number of nitrogens with zero attached hydrogens (tertiary/aromatic N) is 6. The lowest BCUT2D eigenvalue weighted by Crippen LogP contribution is -2.10. The molecule has 0 aliphatic heterocycles. The van der Waals surface area contributed by atoms with Crippen molar-refractivity contribution in [2.75, 3.05) is 0 Å². The van der Waals surface area contributed by atoms with E-state index in [9.17, 15) is 0 Å². The smallest absolute Gasteiger partial charge is 0.213 e. The molecule has 21 heavy (non-hydrogen) atoms. The summed E-state index contributed by atoms with van der Waals surface area (Å²) in [5.41, 5.74) is 2.90. The Kier molecular flexibility index (Phi) is 3.67. The molecular formula is C13H17ClN6O. The van der Waals surface area contributed by atoms with E-state index in [1.165, 1.54) is 6.39 Å². The van der Waals surface area contributed by atoms with Crippen LogP contribution >= 0.6 is 11.6 Å². The van der Waals surface area contributed by atoms with Crippen molar-refractivity contribution in [3.05, 3.63) is 23.7 Å². The molecule has 3 aromatic rings. The number of hydrogen-bond donors (Lipinski definition) is 0. The summed E-state index contributed by atoms with van der Waals surface area (Å²) in [5, 5.41) is 8.18. The summed E-state index contributed by atoms with van der Waals surface area (Å²) in [6.07, 6.45) is 2.84. The molecule has 0 N–H and O–H groups in total. The van der Waals surface area contributed by atoms with E-state index in [0.29, 0.717) is 18.8 Å². The lowest BCUT2D eigenvalue weighted by molar-refractivity contribution is 0.408. The van der Waals surface area contributed by atoms with Crippen LogP contribution in [0.1, 0.15) is 36.6 Å². The highest BCUT2D eigenvalue weighted by Gasteiger charge is 2.21. The Morgan fingerprint density at radius 2 is 2.24 bits per heavy atom. The Balaban J connectivity index is 2.05. The van der Waals surface area contributed by atoms with E-state index >= 15 is 0 Å². The van der Waals surface area contributed by atoms with Gasteiger partial charge in [0.2, 0.25) is 6.39 Å². The maximum atomic E-state index is 6.28. The van der Waals surface area contributed by atoms with Crippen molar-refractivity contribution in [3.8, 4) is 0 Å². The van der Waals surface area contributed by atoms with Gasteiger partial charge in [0, 0.05) is 20.0 Å². The average molecular weight is 309 g/mol. The van der Waals surface area contributed by atoms with Crippen LogP contribution in [0.5, 0.6) is 0 Å². The second-order valence-electron chi connectivity index (χ2n) is 4.93. The van der Waals surface area contributed by atoms with Crippen LogP contribution in [-0.4, -0.2) is 29.5 Å². The van der Waals surface area contributed by atoms with E-state index in [2.05, 4.69) is 31.7 Å². The Morgan fingerprint density at radius 3 is 2.86 bits per heavy atom. The van der Waals surface area contributed by atoms with Gasteiger partial charge in [0.25, 0.3) is 0 Å². The zero-order chi connectivity index (χ0) is 15.0. The van der Waals surface area contributed by atoms with Crippen LogP contribution < -0.4 is 0 Å². The summed E-state index contributed by atoms with van der Waals surface area (Å²) in [6.45, 7) is 4.68. The molecule has 0 amide bonds. The topological polar surface area (TPSA) is 74.6 Å². The number of imidazole rings is 1. The number of hydrogen-bond acceptors (Lipinski definition) is 5. The second kappa shape index (κ2) is 5.48. The lowest BCUT2D eigenvalue weighted by atomic mass is 10.3. The van der Waals surface area contributed by atoms with Crippen LogP contribution in [0.15, 0.2) is 10.9 Å². The third kappa shape index (κ3) is 2.42. The molecule has 7 nitrogen and oxygen atoms in total. The van der Waals surface area contributed by atoms with Crippen LogP contribution in [0.4, 0.5) is 0 Å². The predicted molar refractivity (Wildman–Crippen MR) is 78.1 cm³/mol. The molecule has 3 heterocycles. The molecule has 1 unspecified atom stereocenters. The van der Waals surface area contributed by atoms with Crippen LogP contribution in [0.25, 0.3) is 11.2 Å². The summed E-state index contributed by atoms with van der Waals surface area (Å²) in [6, 6.07) is 0. The largest absolute Gasteiger partial charge is 0.343 e. The number of alkyl halides is 1. The molecule has 0 radical (unpaired) electrons. The maximum absolute atomic E-state index is 6.28. The van der Waals surface area contributed by atoms with Crippen molar-refractivity contribution >= 4 is 22.8 Å². The van der Waals surface area contributed by atoms with E-state index in [1.54, 1.807) is 0 Å². The molecule has 0 saturated carbocycles. The van der Waals surface area contributed by atoms with Crippen LogP contribution in [0, 0.1) is 0 Å². The molecule has 112 valence electrons. The maximum Gasteiger partial charge on any atom is 0.213 e. The van der Waals surface area contributed by atoms with Gasteiger partial charge in [-0.2, -0.15) is 10.1 Å². The third-order valence-corrected chi connectivity index (χ3v) is 3.67. The van der Waals surface area contributed by atoms with Gasteiger partial charge in [0.15, 0.2) is 11.5 Å². The lowest BCUT2D eigenvalue weighted by Gasteiger charge is -2.09. The van der Waals surface area contributed by atoms with Crippen LogP contribution in [-0.2, 0) is 26.4 Å². The summed E-state index contributed by atoms with van der Waals surface area (Å²) in [7, 11) is 1.93. The quantitative estimate of drug-likeness (QED) is 0.676. The van der Waals surface area contributed by atoms with Gasteiger partial charge < -0.3 is 9.09 Å². The zero-order valence-electron chi connectivity index (χ0n) is 12.2. The van der Waals surface area contributed by atoms with Gasteiger partial charge in [-0.05, 0) is 13.3 Å². The van der Waals surface area contributed by atoms with E-state index < -0.39 is 0 Å². The van der Waals surface area contributed by atoms with E-state index in [1.807, 2.05) is 18.7 Å². The second-order valence-corrected chi connectivity index (χ2v) is 5.59. The number of aryl methyl sites for hydroxylation is 4. The number of rotatable bonds is 5. The summed E-state index contributed by atoms with van der Waals surface area (Å²) in [4.78, 5) is 8.73. The SMILES string of the molecule is CCc1nn(C)c2c1nc(C(C)Cl)n2CCc1ncon1. The van der Waals surface area contributed by atoms with Gasteiger partial charge in [0.05, 0.1) is 11.1 Å². The molecule has 8 heteroatoms. The molecular weight excluding hydrogens is 292 g/mol. The number of aromatic nitrogens is 6. The predicted octanol–water partition coefficient (Wildman–Crippen LogP) is 2.26. The molecule has 0 aliphatic rings. The Labute approximate surface area is 126 Å². The number of halogens is 1. The van der Waals surface area contributed by atoms with Gasteiger partial charge in [-0.15, -0.1) is 11.6 Å². The van der Waals surface area contributed by atoms with Gasteiger partial charge in [-0.3, -0.25) is 4.68 Å². The van der Waals surface area contributed by atoms with Crippen molar-refractivity contribution in [2.24, 2.45) is 7.05 Å². The van der Waals surface area contributed by atoms with Crippen molar-refractivity contribution < 1.29 is 4.52 Å². The van der Waals surface area contributed by atoms with Gasteiger partial charge in [-0.25, -0.2) is 4.98 Å². The summed E-state index contributed by atoms with van der Waals surface area (Å²) >= 11 is 6.28. The standard InChI is InChI=1S/C13H17ClN6O/c1-4-9-11-13(19(3)17-9)20(12(16-11)8(2)14)6-5-10-15-7-21-18-10/h7-8H,4-6H2,1-3H3. The minimum absolute atomic E-state index is 0.174. The van der Waals surface area contributed by atoms with E-state index in [-0.39, 0.29) is 5.38 Å². The summed E-state index contributed by atoms with van der Waals surface area (Å²) in [5.74, 6) is 1.51. The minimum Gasteiger partial charge on any atom is -0.343 e. The molecule has 0 fully saturated rings. The first-order chi connectivity index (χ1) is 10.1. The average Bonchev–Trinajstić information content (AvgIpc) is 3.13. The fraction of sp³-hybridized carbons (Fsp3) is 0.538. The number of fused-ring (bicyclic) bond motifs is 1. The third-order valence-electron chi connectivity index (χ3n) is 3.48. The fourth-order valence-corrected chi connectivity index (χ4v) is 2.70. The molecule has 0 aliphatic carbocycles. The normalized spacial score (nSPS) is 13.1. The zero-order valence-corrected chi connectivity index (χ0v) is 13.0. The molecule has 1 atom stereocenters. The Morgan fingerprint density at radius 1 is 1.43 bits per heavy atom. The molecule has 0 bridgehead atoms. The van der Waals surface area contributed by atoms with Crippen molar-refractivity contribution in [1.82, 2.24) is 29.5 Å². The van der Waals surface area contributed by atoms with Crippen molar-refractivity contribution in [1.29, 1.82) is 0 Å². The first-order valence-electron chi connectivity index (χ1n) is 6.93. The highest BCUT2D eigenvalue weighted by Crippen LogP contribution is 2.26. The van der Waals surface area contributed by atoms with Gasteiger partial charge >= 0.3 is 0 Å². The van der Waals surface area contributed by atoms with E-state index in [0.717, 1.165) is 29.1 Å². The minimum atomic E-state index is -0.174. The molecule has 3 aromatic heterocycles. The monoisotopic (exact) mass is 308 g/mol.